The average molecular weight is 783 g/mol. The van der Waals surface area contributed by atoms with Crippen molar-refractivity contribution in [1.29, 1.82) is 0 Å². The van der Waals surface area contributed by atoms with Gasteiger partial charge in [0, 0.05) is 22.7 Å². The summed E-state index contributed by atoms with van der Waals surface area (Å²) in [6.07, 6.45) is 0. The van der Waals surface area contributed by atoms with E-state index in [-0.39, 0.29) is 21.2 Å². The van der Waals surface area contributed by atoms with Gasteiger partial charge in [0.2, 0.25) is 0 Å². The van der Waals surface area contributed by atoms with Crippen molar-refractivity contribution >= 4 is 90.6 Å². The average Bonchev–Trinajstić information content (AvgIpc) is 3.07. The predicted octanol–water partition coefficient (Wildman–Crippen LogP) is 5.73. The van der Waals surface area contributed by atoms with Gasteiger partial charge in [-0.1, -0.05) is 24.3 Å². The fourth-order valence-corrected chi connectivity index (χ4v) is 8.20. The van der Waals surface area contributed by atoms with Gasteiger partial charge in [-0.05, 0) is 119 Å². The minimum Gasteiger partial charge on any atom is -0.308 e. The molecule has 2 amide bonds. The molecule has 19 heteroatoms. The number of urea groups is 1. The fraction of sp³-hybridized carbons (Fsp3) is 0. The van der Waals surface area contributed by atoms with Crippen molar-refractivity contribution in [3.05, 3.63) is 121 Å². The lowest BCUT2D eigenvalue weighted by Crippen LogP contribution is -2.19. The Bertz CT molecular complexity index is 2640. The standard InChI is InChI=1S/C33H26N4O11S4/c38-33(34-27-5-1-21-3-11-31(19-23(21)17-27)49(39,40)36-25-7-13-29(14-8-25)51(43,44)45)35-28-6-2-22-4-12-32(20-24(22)18-28)50(41,42)37-26-9-15-30(16-10-26)52(46,47)48/h1-20,36-37H,(H2,34,35,38)(H,43,44,45)(H,46,47,48). The molecule has 6 rings (SSSR count). The number of anilines is 4. The molecule has 0 aromatic heterocycles. The lowest BCUT2D eigenvalue weighted by molar-refractivity contribution is 0.262. The van der Waals surface area contributed by atoms with Crippen LogP contribution in [0.5, 0.6) is 0 Å². The zero-order chi connectivity index (χ0) is 37.5. The van der Waals surface area contributed by atoms with Crippen molar-refractivity contribution < 1.29 is 47.6 Å². The van der Waals surface area contributed by atoms with E-state index in [2.05, 4.69) is 20.1 Å². The third-order valence-corrected chi connectivity index (χ3v) is 12.1. The summed E-state index contributed by atoms with van der Waals surface area (Å²) < 4.78 is 120. The highest BCUT2D eigenvalue weighted by molar-refractivity contribution is 7.93. The predicted molar refractivity (Wildman–Crippen MR) is 195 cm³/mol. The molecule has 0 aliphatic rings. The van der Waals surface area contributed by atoms with Gasteiger partial charge in [-0.2, -0.15) is 16.8 Å². The first-order valence-electron chi connectivity index (χ1n) is 14.7. The van der Waals surface area contributed by atoms with Gasteiger partial charge in [0.15, 0.2) is 0 Å². The second kappa shape index (κ2) is 13.5. The molecular weight excluding hydrogens is 757 g/mol. The fourth-order valence-electron chi connectivity index (χ4n) is 5.05. The van der Waals surface area contributed by atoms with Crippen LogP contribution in [0, 0.1) is 0 Å². The number of sulfonamides is 2. The molecule has 0 unspecified atom stereocenters. The molecule has 0 aliphatic heterocycles. The summed E-state index contributed by atoms with van der Waals surface area (Å²) in [6, 6.07) is 26.8. The first kappa shape index (κ1) is 36.2. The minimum absolute atomic E-state index is 0.0640. The van der Waals surface area contributed by atoms with Crippen LogP contribution >= 0.6 is 0 Å². The SMILES string of the molecule is O=C(Nc1ccc2ccc(S(=O)(=O)Nc3ccc(S(=O)(=O)O)cc3)cc2c1)Nc1ccc2ccc(S(=O)(=O)Nc3ccc(S(=O)(=O)O)cc3)cc2c1. The summed E-state index contributed by atoms with van der Waals surface area (Å²) in [5.74, 6) is 0. The van der Waals surface area contributed by atoms with Crippen molar-refractivity contribution in [3.8, 4) is 0 Å². The number of benzene rings is 6. The van der Waals surface area contributed by atoms with Crippen LogP contribution in [-0.4, -0.2) is 48.8 Å². The quantitative estimate of drug-likeness (QED) is 0.0917. The van der Waals surface area contributed by atoms with E-state index in [1.165, 1.54) is 48.5 Å². The number of carbonyl (C=O) groups excluding carboxylic acids is 1. The third-order valence-electron chi connectivity index (χ3n) is 7.57. The highest BCUT2D eigenvalue weighted by atomic mass is 32.2. The molecule has 0 radical (unpaired) electrons. The molecule has 0 spiro atoms. The Labute approximate surface area is 297 Å². The van der Waals surface area contributed by atoms with E-state index in [9.17, 15) is 38.5 Å². The zero-order valence-electron chi connectivity index (χ0n) is 26.2. The number of fused-ring (bicyclic) bond motifs is 2. The molecule has 0 saturated carbocycles. The van der Waals surface area contributed by atoms with Crippen molar-refractivity contribution in [3.63, 3.8) is 0 Å². The Hall–Kier alpha value is -5.57. The monoisotopic (exact) mass is 782 g/mol. The third kappa shape index (κ3) is 8.31. The molecule has 0 saturated heterocycles. The second-order valence-corrected chi connectivity index (χ2v) is 17.4. The van der Waals surface area contributed by atoms with Gasteiger partial charge in [-0.15, -0.1) is 0 Å². The Kier molecular flexibility index (Phi) is 9.42. The molecule has 52 heavy (non-hydrogen) atoms. The number of hydrogen-bond donors (Lipinski definition) is 6. The van der Waals surface area contributed by atoms with E-state index < -0.39 is 56.1 Å². The van der Waals surface area contributed by atoms with Crippen LogP contribution in [0.4, 0.5) is 27.5 Å². The van der Waals surface area contributed by atoms with Gasteiger partial charge < -0.3 is 10.6 Å². The van der Waals surface area contributed by atoms with Crippen molar-refractivity contribution in [2.45, 2.75) is 19.6 Å². The maximum absolute atomic E-state index is 13.1. The summed E-state index contributed by atoms with van der Waals surface area (Å²) in [4.78, 5) is 11.9. The van der Waals surface area contributed by atoms with Gasteiger partial charge in [0.25, 0.3) is 40.3 Å². The van der Waals surface area contributed by atoms with Crippen molar-refractivity contribution in [2.75, 3.05) is 20.1 Å². The molecule has 6 aromatic carbocycles. The largest absolute Gasteiger partial charge is 0.323 e. The number of amides is 2. The second-order valence-electron chi connectivity index (χ2n) is 11.2. The highest BCUT2D eigenvalue weighted by Crippen LogP contribution is 2.27. The summed E-state index contributed by atoms with van der Waals surface area (Å²) in [6.45, 7) is 0. The topological polar surface area (TPSA) is 242 Å². The normalized spacial score (nSPS) is 12.3. The van der Waals surface area contributed by atoms with Crippen LogP contribution in [0.2, 0.25) is 0 Å². The van der Waals surface area contributed by atoms with Crippen LogP contribution < -0.4 is 20.1 Å². The van der Waals surface area contributed by atoms with E-state index in [1.807, 2.05) is 0 Å². The van der Waals surface area contributed by atoms with Crippen LogP contribution in [-0.2, 0) is 40.3 Å². The zero-order valence-corrected chi connectivity index (χ0v) is 29.5. The molecule has 6 N–H and O–H groups in total. The Morgan fingerprint density at radius 2 is 0.692 bits per heavy atom. The van der Waals surface area contributed by atoms with E-state index in [1.54, 1.807) is 48.5 Å². The van der Waals surface area contributed by atoms with Gasteiger partial charge >= 0.3 is 6.03 Å². The van der Waals surface area contributed by atoms with Crippen LogP contribution in [0.25, 0.3) is 21.5 Å². The number of carbonyl (C=O) groups is 1. The first-order chi connectivity index (χ1) is 24.4. The lowest BCUT2D eigenvalue weighted by Gasteiger charge is -2.12. The van der Waals surface area contributed by atoms with Crippen molar-refractivity contribution in [1.82, 2.24) is 0 Å². The molecule has 15 nitrogen and oxygen atoms in total. The molecule has 0 fully saturated rings. The Morgan fingerprint density at radius 1 is 0.385 bits per heavy atom. The van der Waals surface area contributed by atoms with Crippen molar-refractivity contribution in [2.24, 2.45) is 0 Å². The maximum Gasteiger partial charge on any atom is 0.323 e. The first-order valence-corrected chi connectivity index (χ1v) is 20.6. The minimum atomic E-state index is -4.45. The summed E-state index contributed by atoms with van der Waals surface area (Å²) in [5.41, 5.74) is 0.791. The number of nitrogens with one attached hydrogen (secondary N) is 4. The summed E-state index contributed by atoms with van der Waals surface area (Å²) in [5, 5.41) is 7.66. The smallest absolute Gasteiger partial charge is 0.308 e. The molecule has 268 valence electrons. The van der Waals surface area contributed by atoms with E-state index in [4.69, 9.17) is 9.11 Å². The number of rotatable bonds is 10. The lowest BCUT2D eigenvalue weighted by atomic mass is 10.1. The van der Waals surface area contributed by atoms with E-state index in [0.717, 1.165) is 24.3 Å². The molecular formula is C33H26N4O11S4. The Balaban J connectivity index is 1.15. The van der Waals surface area contributed by atoms with E-state index in [0.29, 0.717) is 32.9 Å². The van der Waals surface area contributed by atoms with Crippen LogP contribution in [0.1, 0.15) is 0 Å². The summed E-state index contributed by atoms with van der Waals surface area (Å²) >= 11 is 0. The van der Waals surface area contributed by atoms with Crippen LogP contribution in [0.3, 0.4) is 0 Å². The van der Waals surface area contributed by atoms with Gasteiger partial charge in [-0.25, -0.2) is 21.6 Å². The molecule has 0 atom stereocenters. The van der Waals surface area contributed by atoms with E-state index >= 15 is 0 Å². The van der Waals surface area contributed by atoms with Gasteiger partial charge in [0.1, 0.15) is 0 Å². The van der Waals surface area contributed by atoms with Gasteiger partial charge in [-0.3, -0.25) is 18.5 Å². The highest BCUT2D eigenvalue weighted by Gasteiger charge is 2.18. The summed E-state index contributed by atoms with van der Waals surface area (Å²) in [7, 11) is -17.1. The molecule has 0 aliphatic carbocycles. The molecule has 0 bridgehead atoms. The number of hydrogen-bond acceptors (Lipinski definition) is 9. The molecule has 6 aromatic rings. The van der Waals surface area contributed by atoms with Gasteiger partial charge in [0.05, 0.1) is 19.6 Å². The maximum atomic E-state index is 13.1. The Morgan fingerprint density at radius 3 is 1.04 bits per heavy atom. The molecule has 0 heterocycles. The van der Waals surface area contributed by atoms with Crippen LogP contribution in [0.15, 0.2) is 141 Å².